The Labute approximate surface area is 112 Å². The number of rotatable bonds is 6. The van der Waals surface area contributed by atoms with E-state index < -0.39 is 0 Å². The highest BCUT2D eigenvalue weighted by atomic mass is 32.1. The van der Waals surface area contributed by atoms with Gasteiger partial charge in [0.05, 0.1) is 6.04 Å². The lowest BCUT2D eigenvalue weighted by atomic mass is 9.99. The topological polar surface area (TPSA) is 50.9 Å². The maximum absolute atomic E-state index is 5.86. The highest BCUT2D eigenvalue weighted by Crippen LogP contribution is 2.17. The van der Waals surface area contributed by atoms with Gasteiger partial charge in [0.15, 0.2) is 0 Å². The summed E-state index contributed by atoms with van der Waals surface area (Å²) in [6.07, 6.45) is 1.84. The number of nitrogens with zero attached hydrogens (tertiary/aromatic N) is 1. The van der Waals surface area contributed by atoms with Crippen LogP contribution < -0.4 is 11.1 Å². The van der Waals surface area contributed by atoms with Crippen molar-refractivity contribution in [1.82, 2.24) is 10.3 Å². The molecule has 1 heterocycles. The van der Waals surface area contributed by atoms with Crippen molar-refractivity contribution in [3.8, 4) is 0 Å². The van der Waals surface area contributed by atoms with Crippen molar-refractivity contribution in [1.29, 1.82) is 0 Å². The Morgan fingerprint density at radius 3 is 2.72 bits per heavy atom. The SMILES string of the molecule is CC(NCC(CN)c1ccccc1)c1nccs1. The zero-order valence-corrected chi connectivity index (χ0v) is 11.4. The van der Waals surface area contributed by atoms with Crippen LogP contribution in [0.4, 0.5) is 0 Å². The van der Waals surface area contributed by atoms with Crippen molar-refractivity contribution in [3.63, 3.8) is 0 Å². The molecule has 2 atom stereocenters. The predicted molar refractivity (Wildman–Crippen MR) is 76.8 cm³/mol. The fourth-order valence-electron chi connectivity index (χ4n) is 1.92. The second-order valence-corrected chi connectivity index (χ2v) is 5.27. The average Bonchev–Trinajstić information content (AvgIpc) is 2.94. The molecule has 0 radical (unpaired) electrons. The average molecular weight is 261 g/mol. The fraction of sp³-hybridized carbons (Fsp3) is 0.357. The number of nitrogens with one attached hydrogen (secondary N) is 1. The highest BCUT2D eigenvalue weighted by molar-refractivity contribution is 7.09. The van der Waals surface area contributed by atoms with Gasteiger partial charge < -0.3 is 11.1 Å². The van der Waals surface area contributed by atoms with Crippen LogP contribution in [0.2, 0.25) is 0 Å². The van der Waals surface area contributed by atoms with Crippen LogP contribution in [0, 0.1) is 0 Å². The van der Waals surface area contributed by atoms with Gasteiger partial charge in [-0.25, -0.2) is 4.98 Å². The van der Waals surface area contributed by atoms with E-state index in [0.29, 0.717) is 12.5 Å². The number of aromatic nitrogens is 1. The fourth-order valence-corrected chi connectivity index (χ4v) is 2.59. The van der Waals surface area contributed by atoms with Crippen molar-refractivity contribution in [2.45, 2.75) is 18.9 Å². The summed E-state index contributed by atoms with van der Waals surface area (Å²) in [7, 11) is 0. The van der Waals surface area contributed by atoms with Gasteiger partial charge in [-0.1, -0.05) is 30.3 Å². The first-order chi connectivity index (χ1) is 8.81. The third-order valence-corrected chi connectivity index (χ3v) is 4.01. The molecule has 2 aromatic rings. The van der Waals surface area contributed by atoms with Gasteiger partial charge in [-0.3, -0.25) is 0 Å². The Bertz CT molecular complexity index is 441. The molecule has 1 aromatic heterocycles. The smallest absolute Gasteiger partial charge is 0.109 e. The standard InChI is InChI=1S/C14H19N3S/c1-11(14-16-7-8-18-14)17-10-13(9-15)12-5-3-2-4-6-12/h2-8,11,13,17H,9-10,15H2,1H3. The van der Waals surface area contributed by atoms with E-state index >= 15 is 0 Å². The van der Waals surface area contributed by atoms with Crippen LogP contribution in [0.3, 0.4) is 0 Å². The van der Waals surface area contributed by atoms with Gasteiger partial charge in [-0.05, 0) is 12.5 Å². The summed E-state index contributed by atoms with van der Waals surface area (Å²) < 4.78 is 0. The number of nitrogens with two attached hydrogens (primary N) is 1. The molecule has 0 amide bonds. The van der Waals surface area contributed by atoms with Crippen molar-refractivity contribution >= 4 is 11.3 Å². The second-order valence-electron chi connectivity index (χ2n) is 4.34. The number of hydrogen-bond donors (Lipinski definition) is 2. The largest absolute Gasteiger partial charge is 0.330 e. The first kappa shape index (κ1) is 13.2. The summed E-state index contributed by atoms with van der Waals surface area (Å²) in [6, 6.07) is 10.7. The minimum atomic E-state index is 0.280. The first-order valence-corrected chi connectivity index (χ1v) is 7.07. The van der Waals surface area contributed by atoms with Crippen LogP contribution in [0.25, 0.3) is 0 Å². The van der Waals surface area contributed by atoms with E-state index in [-0.39, 0.29) is 6.04 Å². The molecule has 0 aliphatic heterocycles. The Balaban J connectivity index is 1.92. The van der Waals surface area contributed by atoms with Gasteiger partial charge >= 0.3 is 0 Å². The molecule has 2 rings (SSSR count). The summed E-state index contributed by atoms with van der Waals surface area (Å²) in [5.74, 6) is 0.355. The summed E-state index contributed by atoms with van der Waals surface area (Å²) in [4.78, 5) is 4.32. The number of thiazole rings is 1. The third kappa shape index (κ3) is 3.38. The summed E-state index contributed by atoms with van der Waals surface area (Å²) >= 11 is 1.68. The molecule has 0 saturated heterocycles. The van der Waals surface area contributed by atoms with Crippen molar-refractivity contribution in [2.75, 3.05) is 13.1 Å². The maximum atomic E-state index is 5.86. The van der Waals surface area contributed by atoms with E-state index in [9.17, 15) is 0 Å². The van der Waals surface area contributed by atoms with E-state index in [1.807, 2.05) is 17.6 Å². The van der Waals surface area contributed by atoms with E-state index in [1.165, 1.54) is 5.56 Å². The van der Waals surface area contributed by atoms with Crippen molar-refractivity contribution in [2.24, 2.45) is 5.73 Å². The third-order valence-electron chi connectivity index (χ3n) is 3.05. The lowest BCUT2D eigenvalue weighted by Crippen LogP contribution is -2.28. The Morgan fingerprint density at radius 2 is 2.11 bits per heavy atom. The van der Waals surface area contributed by atoms with E-state index in [4.69, 9.17) is 5.73 Å². The van der Waals surface area contributed by atoms with E-state index in [0.717, 1.165) is 11.6 Å². The Hall–Kier alpha value is -1.23. The Kier molecular flexibility index (Phi) is 4.87. The zero-order chi connectivity index (χ0) is 12.8. The monoisotopic (exact) mass is 261 g/mol. The van der Waals surface area contributed by atoms with Gasteiger partial charge in [-0.2, -0.15) is 0 Å². The first-order valence-electron chi connectivity index (χ1n) is 6.19. The lowest BCUT2D eigenvalue weighted by molar-refractivity contribution is 0.521. The molecule has 0 aliphatic carbocycles. The number of hydrogen-bond acceptors (Lipinski definition) is 4. The number of benzene rings is 1. The zero-order valence-electron chi connectivity index (χ0n) is 10.5. The molecule has 2 unspecified atom stereocenters. The molecule has 96 valence electrons. The molecule has 3 nitrogen and oxygen atoms in total. The lowest BCUT2D eigenvalue weighted by Gasteiger charge is -2.18. The van der Waals surface area contributed by atoms with Crippen LogP contribution >= 0.6 is 11.3 Å². The van der Waals surface area contributed by atoms with Crippen LogP contribution in [0.5, 0.6) is 0 Å². The summed E-state index contributed by atoms with van der Waals surface area (Å²) in [5, 5.41) is 6.63. The van der Waals surface area contributed by atoms with Gasteiger partial charge in [0, 0.05) is 30.6 Å². The molecule has 3 N–H and O–H groups in total. The van der Waals surface area contributed by atoms with Crippen molar-refractivity contribution < 1.29 is 0 Å². The van der Waals surface area contributed by atoms with E-state index in [1.54, 1.807) is 11.3 Å². The normalized spacial score (nSPS) is 14.3. The quantitative estimate of drug-likeness (QED) is 0.840. The van der Waals surface area contributed by atoms with Gasteiger partial charge in [0.1, 0.15) is 5.01 Å². The van der Waals surface area contributed by atoms with Crippen LogP contribution in [0.1, 0.15) is 29.5 Å². The molecule has 1 aromatic carbocycles. The van der Waals surface area contributed by atoms with Crippen LogP contribution in [-0.4, -0.2) is 18.1 Å². The van der Waals surface area contributed by atoms with Gasteiger partial charge in [0.2, 0.25) is 0 Å². The second kappa shape index (κ2) is 6.64. The minimum absolute atomic E-state index is 0.280. The Morgan fingerprint density at radius 1 is 1.33 bits per heavy atom. The molecule has 0 bridgehead atoms. The molecule has 0 fully saturated rings. The van der Waals surface area contributed by atoms with Crippen LogP contribution in [0.15, 0.2) is 41.9 Å². The van der Waals surface area contributed by atoms with Gasteiger partial charge in [-0.15, -0.1) is 11.3 Å². The van der Waals surface area contributed by atoms with Crippen molar-refractivity contribution in [3.05, 3.63) is 52.5 Å². The molecule has 4 heteroatoms. The summed E-state index contributed by atoms with van der Waals surface area (Å²) in [6.45, 7) is 3.67. The minimum Gasteiger partial charge on any atom is -0.330 e. The summed E-state index contributed by atoms with van der Waals surface area (Å²) in [5.41, 5.74) is 7.15. The molecular weight excluding hydrogens is 242 g/mol. The molecular formula is C14H19N3S. The van der Waals surface area contributed by atoms with E-state index in [2.05, 4.69) is 41.5 Å². The van der Waals surface area contributed by atoms with Gasteiger partial charge in [0.25, 0.3) is 0 Å². The highest BCUT2D eigenvalue weighted by Gasteiger charge is 2.12. The molecule has 0 saturated carbocycles. The maximum Gasteiger partial charge on any atom is 0.109 e. The molecule has 0 aliphatic rings. The predicted octanol–water partition coefficient (Wildman–Crippen LogP) is 2.54. The van der Waals surface area contributed by atoms with Crippen LogP contribution in [-0.2, 0) is 0 Å². The molecule has 18 heavy (non-hydrogen) atoms. The molecule has 0 spiro atoms.